The van der Waals surface area contributed by atoms with Gasteiger partial charge in [-0.3, -0.25) is 19.2 Å². The SMILES string of the molecule is CCc1c(C)nc2n(c1=O)CN(CCC(C)C)CN2c1ccc(Oc2ccccc2)cc1. The smallest absolute Gasteiger partial charge is 0.259 e. The fourth-order valence-electron chi connectivity index (χ4n) is 4.03. The van der Waals surface area contributed by atoms with Crippen molar-refractivity contribution in [1.29, 1.82) is 0 Å². The van der Waals surface area contributed by atoms with Crippen LogP contribution in [0.15, 0.2) is 59.4 Å². The zero-order valence-corrected chi connectivity index (χ0v) is 19.4. The minimum Gasteiger partial charge on any atom is -0.457 e. The van der Waals surface area contributed by atoms with Crippen LogP contribution in [0.1, 0.15) is 38.4 Å². The molecule has 0 saturated heterocycles. The van der Waals surface area contributed by atoms with E-state index in [0.717, 1.165) is 41.4 Å². The molecule has 2 aromatic carbocycles. The molecule has 2 heterocycles. The molecule has 1 aliphatic rings. The molecule has 6 nitrogen and oxygen atoms in total. The molecule has 0 N–H and O–H groups in total. The van der Waals surface area contributed by atoms with E-state index in [2.05, 4.69) is 23.6 Å². The molecule has 1 aromatic heterocycles. The number of hydrogen-bond donors (Lipinski definition) is 0. The third-order valence-corrected chi connectivity index (χ3v) is 5.88. The van der Waals surface area contributed by atoms with Gasteiger partial charge in [-0.25, -0.2) is 4.98 Å². The zero-order valence-electron chi connectivity index (χ0n) is 19.4. The van der Waals surface area contributed by atoms with E-state index in [0.29, 0.717) is 31.6 Å². The Bertz CT molecular complexity index is 1110. The number of hydrogen-bond acceptors (Lipinski definition) is 5. The molecule has 0 saturated carbocycles. The van der Waals surface area contributed by atoms with Gasteiger partial charge in [0, 0.05) is 23.5 Å². The number of aromatic nitrogens is 2. The molecule has 0 fully saturated rings. The summed E-state index contributed by atoms with van der Waals surface area (Å²) in [5, 5.41) is 0. The molecule has 0 aliphatic carbocycles. The van der Waals surface area contributed by atoms with Crippen molar-refractivity contribution in [2.75, 3.05) is 18.1 Å². The minimum absolute atomic E-state index is 0.0679. The van der Waals surface area contributed by atoms with Gasteiger partial charge in [-0.15, -0.1) is 0 Å². The van der Waals surface area contributed by atoms with Gasteiger partial charge in [-0.05, 0) is 62.1 Å². The molecular formula is C26H32N4O2. The van der Waals surface area contributed by atoms with Crippen molar-refractivity contribution in [3.63, 3.8) is 0 Å². The second-order valence-corrected chi connectivity index (χ2v) is 8.76. The second kappa shape index (κ2) is 9.57. The van der Waals surface area contributed by atoms with E-state index in [9.17, 15) is 4.79 Å². The Morgan fingerprint density at radius 3 is 2.34 bits per heavy atom. The molecule has 1 aliphatic heterocycles. The fraction of sp³-hybridized carbons (Fsp3) is 0.385. The molecule has 0 amide bonds. The van der Waals surface area contributed by atoms with E-state index in [1.165, 1.54) is 0 Å². The van der Waals surface area contributed by atoms with Crippen molar-refractivity contribution in [3.8, 4) is 11.5 Å². The van der Waals surface area contributed by atoms with Crippen molar-refractivity contribution < 1.29 is 4.74 Å². The maximum Gasteiger partial charge on any atom is 0.259 e. The highest BCUT2D eigenvalue weighted by molar-refractivity contribution is 5.59. The number of anilines is 2. The summed E-state index contributed by atoms with van der Waals surface area (Å²) >= 11 is 0. The molecule has 0 atom stereocenters. The Hall–Kier alpha value is -3.12. The number of nitrogens with zero attached hydrogens (tertiary/aromatic N) is 4. The van der Waals surface area contributed by atoms with Crippen LogP contribution in [-0.4, -0.2) is 27.7 Å². The predicted octanol–water partition coefficient (Wildman–Crippen LogP) is 5.32. The molecule has 4 rings (SSSR count). The fourth-order valence-corrected chi connectivity index (χ4v) is 4.03. The van der Waals surface area contributed by atoms with Gasteiger partial charge in [0.05, 0.1) is 13.3 Å². The zero-order chi connectivity index (χ0) is 22.7. The van der Waals surface area contributed by atoms with Gasteiger partial charge in [-0.2, -0.15) is 0 Å². The van der Waals surface area contributed by atoms with Gasteiger partial charge in [0.25, 0.3) is 5.56 Å². The molecule has 168 valence electrons. The normalized spacial score (nSPS) is 14.0. The third-order valence-electron chi connectivity index (χ3n) is 5.88. The van der Waals surface area contributed by atoms with E-state index >= 15 is 0 Å². The number of fused-ring (bicyclic) bond motifs is 1. The first-order chi connectivity index (χ1) is 15.5. The van der Waals surface area contributed by atoms with Crippen LogP contribution in [0.4, 0.5) is 11.6 Å². The first kappa shape index (κ1) is 22.1. The van der Waals surface area contributed by atoms with Gasteiger partial charge in [0.1, 0.15) is 11.5 Å². The van der Waals surface area contributed by atoms with Crippen molar-refractivity contribution in [2.45, 2.75) is 47.2 Å². The second-order valence-electron chi connectivity index (χ2n) is 8.76. The van der Waals surface area contributed by atoms with Crippen LogP contribution in [0, 0.1) is 12.8 Å². The van der Waals surface area contributed by atoms with Crippen molar-refractivity contribution in [1.82, 2.24) is 14.5 Å². The third kappa shape index (κ3) is 4.70. The summed E-state index contributed by atoms with van der Waals surface area (Å²) in [6, 6.07) is 17.7. The van der Waals surface area contributed by atoms with Gasteiger partial charge in [0.2, 0.25) is 5.95 Å². The monoisotopic (exact) mass is 432 g/mol. The summed E-state index contributed by atoms with van der Waals surface area (Å²) in [6.07, 6.45) is 1.77. The highest BCUT2D eigenvalue weighted by atomic mass is 16.5. The van der Waals surface area contributed by atoms with Gasteiger partial charge in [-0.1, -0.05) is 39.0 Å². The Labute approximate surface area is 190 Å². The van der Waals surface area contributed by atoms with Gasteiger partial charge >= 0.3 is 0 Å². The van der Waals surface area contributed by atoms with Crippen LogP contribution in [0.3, 0.4) is 0 Å². The first-order valence-corrected chi connectivity index (χ1v) is 11.4. The Kier molecular flexibility index (Phi) is 6.61. The summed E-state index contributed by atoms with van der Waals surface area (Å²) < 4.78 is 7.77. The van der Waals surface area contributed by atoms with Crippen LogP contribution in [0.25, 0.3) is 0 Å². The van der Waals surface area contributed by atoms with Crippen molar-refractivity contribution in [3.05, 3.63) is 76.2 Å². The number of ether oxygens (including phenoxy) is 1. The maximum atomic E-state index is 13.2. The lowest BCUT2D eigenvalue weighted by Gasteiger charge is -2.38. The summed E-state index contributed by atoms with van der Waals surface area (Å²) in [6.45, 7) is 10.6. The highest BCUT2D eigenvalue weighted by Crippen LogP contribution is 2.30. The van der Waals surface area contributed by atoms with Gasteiger partial charge < -0.3 is 4.74 Å². The molecule has 6 heteroatoms. The molecule has 32 heavy (non-hydrogen) atoms. The minimum atomic E-state index is 0.0679. The van der Waals surface area contributed by atoms with Crippen LogP contribution in [-0.2, 0) is 13.1 Å². The van der Waals surface area contributed by atoms with Gasteiger partial charge in [0.15, 0.2) is 0 Å². The molecule has 0 bridgehead atoms. The summed E-state index contributed by atoms with van der Waals surface area (Å²) in [5.41, 5.74) is 2.67. The first-order valence-electron chi connectivity index (χ1n) is 11.4. The van der Waals surface area contributed by atoms with Crippen LogP contribution in [0.2, 0.25) is 0 Å². The molecule has 0 unspecified atom stereocenters. The highest BCUT2D eigenvalue weighted by Gasteiger charge is 2.27. The summed E-state index contributed by atoms with van der Waals surface area (Å²) in [5.74, 6) is 2.90. The number of para-hydroxylation sites is 1. The summed E-state index contributed by atoms with van der Waals surface area (Å²) in [4.78, 5) is 22.5. The lowest BCUT2D eigenvalue weighted by atomic mass is 10.1. The Morgan fingerprint density at radius 1 is 1.00 bits per heavy atom. The lowest BCUT2D eigenvalue weighted by Crippen LogP contribution is -2.48. The van der Waals surface area contributed by atoms with Crippen LogP contribution < -0.4 is 15.2 Å². The molecule has 3 aromatic rings. The van der Waals surface area contributed by atoms with E-state index in [4.69, 9.17) is 9.72 Å². The van der Waals surface area contributed by atoms with Crippen LogP contribution >= 0.6 is 0 Å². The quantitative estimate of drug-likeness (QED) is 0.506. The maximum absolute atomic E-state index is 13.2. The van der Waals surface area contributed by atoms with E-state index in [1.54, 1.807) is 0 Å². The number of benzene rings is 2. The molecular weight excluding hydrogens is 400 g/mol. The Balaban J connectivity index is 1.66. The number of rotatable bonds is 7. The van der Waals surface area contributed by atoms with E-state index in [-0.39, 0.29) is 5.56 Å². The predicted molar refractivity (Wildman–Crippen MR) is 129 cm³/mol. The van der Waals surface area contributed by atoms with Crippen LogP contribution in [0.5, 0.6) is 11.5 Å². The largest absolute Gasteiger partial charge is 0.457 e. The lowest BCUT2D eigenvalue weighted by molar-refractivity contribution is 0.188. The number of aryl methyl sites for hydroxylation is 1. The van der Waals surface area contributed by atoms with Crippen molar-refractivity contribution >= 4 is 11.6 Å². The average Bonchev–Trinajstić information content (AvgIpc) is 2.79. The topological polar surface area (TPSA) is 50.6 Å². The van der Waals surface area contributed by atoms with E-state index < -0.39 is 0 Å². The standard InChI is InChI=1S/C26H32N4O2/c1-5-24-20(4)27-26-29(17-28(16-15-19(2)3)18-30(26)25(24)31)21-11-13-23(14-12-21)32-22-9-7-6-8-10-22/h6-14,19H,5,15-18H2,1-4H3. The Morgan fingerprint density at radius 2 is 1.69 bits per heavy atom. The average molecular weight is 433 g/mol. The molecule has 0 spiro atoms. The summed E-state index contributed by atoms with van der Waals surface area (Å²) in [7, 11) is 0. The van der Waals surface area contributed by atoms with E-state index in [1.807, 2.05) is 73.0 Å². The molecule has 0 radical (unpaired) electrons. The van der Waals surface area contributed by atoms with Crippen molar-refractivity contribution in [2.24, 2.45) is 5.92 Å².